The van der Waals surface area contributed by atoms with Crippen LogP contribution < -0.4 is 4.74 Å². The molecule has 1 N–H and O–H groups in total. The fourth-order valence-electron chi connectivity index (χ4n) is 2.76. The molecule has 26 heavy (non-hydrogen) atoms. The van der Waals surface area contributed by atoms with Crippen molar-refractivity contribution in [2.45, 2.75) is 13.3 Å². The number of phenols is 1. The number of phenolic OH excluding ortho intramolecular Hbond substituents is 1. The predicted octanol–water partition coefficient (Wildman–Crippen LogP) is 6.49. The first-order valence-corrected chi connectivity index (χ1v) is 8.92. The maximum Gasteiger partial charge on any atom is 0.123 e. The Hall–Kier alpha value is -2.23. The largest absolute Gasteiger partial charge is 0.507 e. The minimum absolute atomic E-state index is 0.129. The molecule has 134 valence electrons. The Kier molecular flexibility index (Phi) is 5.70. The molecule has 0 radical (unpaired) electrons. The lowest BCUT2D eigenvalue weighted by molar-refractivity contribution is 0.340. The Morgan fingerprint density at radius 3 is 2.23 bits per heavy atom. The van der Waals surface area contributed by atoms with Gasteiger partial charge >= 0.3 is 0 Å². The van der Waals surface area contributed by atoms with Gasteiger partial charge in [-0.3, -0.25) is 0 Å². The lowest BCUT2D eigenvalue weighted by Gasteiger charge is -2.12. The first kappa shape index (κ1) is 18.6. The average Bonchev–Trinajstić information content (AvgIpc) is 2.61. The van der Waals surface area contributed by atoms with Gasteiger partial charge in [-0.15, -0.1) is 0 Å². The van der Waals surface area contributed by atoms with Crippen molar-refractivity contribution in [3.8, 4) is 22.6 Å². The van der Waals surface area contributed by atoms with Crippen LogP contribution in [0, 0.1) is 5.82 Å². The van der Waals surface area contributed by atoms with Gasteiger partial charge in [-0.05, 0) is 60.0 Å². The van der Waals surface area contributed by atoms with E-state index in [1.807, 2.05) is 19.1 Å². The highest BCUT2D eigenvalue weighted by Crippen LogP contribution is 2.35. The molecule has 0 aliphatic carbocycles. The summed E-state index contributed by atoms with van der Waals surface area (Å²) in [5, 5.41) is 11.2. The van der Waals surface area contributed by atoms with E-state index in [2.05, 4.69) is 0 Å². The summed E-state index contributed by atoms with van der Waals surface area (Å²) in [4.78, 5) is 0. The predicted molar refractivity (Wildman–Crippen MR) is 104 cm³/mol. The molecule has 0 aliphatic heterocycles. The third-order valence-electron chi connectivity index (χ3n) is 4.02. The van der Waals surface area contributed by atoms with Crippen LogP contribution in [0.25, 0.3) is 11.1 Å². The van der Waals surface area contributed by atoms with E-state index in [1.54, 1.807) is 30.3 Å². The van der Waals surface area contributed by atoms with Crippen molar-refractivity contribution in [3.05, 3.63) is 81.6 Å². The van der Waals surface area contributed by atoms with Crippen molar-refractivity contribution in [2.24, 2.45) is 0 Å². The van der Waals surface area contributed by atoms with Crippen molar-refractivity contribution >= 4 is 23.2 Å². The van der Waals surface area contributed by atoms with E-state index in [0.29, 0.717) is 34.4 Å². The van der Waals surface area contributed by atoms with Crippen LogP contribution in [0.15, 0.2) is 54.6 Å². The molecule has 0 unspecified atom stereocenters. The zero-order chi connectivity index (χ0) is 18.7. The highest BCUT2D eigenvalue weighted by Gasteiger charge is 2.12. The van der Waals surface area contributed by atoms with Crippen molar-refractivity contribution < 1.29 is 14.2 Å². The molecule has 3 aromatic rings. The first-order valence-electron chi connectivity index (χ1n) is 8.16. The summed E-state index contributed by atoms with van der Waals surface area (Å²) < 4.78 is 18.6. The van der Waals surface area contributed by atoms with Gasteiger partial charge < -0.3 is 9.84 Å². The molecule has 0 bridgehead atoms. The topological polar surface area (TPSA) is 29.5 Å². The third-order valence-corrected chi connectivity index (χ3v) is 4.70. The van der Waals surface area contributed by atoms with Gasteiger partial charge in [0.15, 0.2) is 0 Å². The highest BCUT2D eigenvalue weighted by atomic mass is 35.5. The summed E-state index contributed by atoms with van der Waals surface area (Å²) in [6.07, 6.45) is 0.499. The lowest BCUT2D eigenvalue weighted by Crippen LogP contribution is -1.96. The Balaban J connectivity index is 1.94. The monoisotopic (exact) mass is 390 g/mol. The van der Waals surface area contributed by atoms with Gasteiger partial charge in [-0.2, -0.15) is 0 Å². The van der Waals surface area contributed by atoms with E-state index in [4.69, 9.17) is 27.9 Å². The first-order chi connectivity index (χ1) is 12.5. The summed E-state index contributed by atoms with van der Waals surface area (Å²) in [6, 6.07) is 14.8. The molecule has 0 heterocycles. The molecule has 3 aromatic carbocycles. The van der Waals surface area contributed by atoms with Gasteiger partial charge in [0.25, 0.3) is 0 Å². The maximum atomic E-state index is 13.1. The van der Waals surface area contributed by atoms with Gasteiger partial charge in [-0.1, -0.05) is 41.4 Å². The van der Waals surface area contributed by atoms with Gasteiger partial charge in [0.2, 0.25) is 0 Å². The van der Waals surface area contributed by atoms with Crippen LogP contribution in [0.5, 0.6) is 11.5 Å². The molecule has 0 saturated heterocycles. The molecule has 0 aliphatic rings. The standard InChI is InChI=1S/C21H17Cl2FO2/c1-2-26-16-11-19(22)18(20(23)12-16)10-13-3-8-21(25)17(9-13)14-4-6-15(24)7-5-14/h3-9,11-12,25H,2,10H2,1H3. The minimum Gasteiger partial charge on any atom is -0.507 e. The second kappa shape index (κ2) is 7.98. The summed E-state index contributed by atoms with van der Waals surface area (Å²) >= 11 is 12.7. The Morgan fingerprint density at radius 2 is 1.62 bits per heavy atom. The summed E-state index contributed by atoms with van der Waals surface area (Å²) in [6.45, 7) is 2.42. The molecule has 5 heteroatoms. The van der Waals surface area contributed by atoms with E-state index < -0.39 is 0 Å². The van der Waals surface area contributed by atoms with Gasteiger partial charge in [0, 0.05) is 22.0 Å². The van der Waals surface area contributed by atoms with E-state index >= 15 is 0 Å². The molecule has 2 nitrogen and oxygen atoms in total. The quantitative estimate of drug-likeness (QED) is 0.538. The average molecular weight is 391 g/mol. The van der Waals surface area contributed by atoms with Crippen LogP contribution >= 0.6 is 23.2 Å². The molecule has 0 saturated carbocycles. The van der Waals surface area contributed by atoms with Gasteiger partial charge in [0.05, 0.1) is 6.61 Å². The van der Waals surface area contributed by atoms with Crippen molar-refractivity contribution in [2.75, 3.05) is 6.61 Å². The van der Waals surface area contributed by atoms with Crippen LogP contribution in [0.1, 0.15) is 18.1 Å². The Labute approximate surface area is 161 Å². The second-order valence-corrected chi connectivity index (χ2v) is 6.65. The van der Waals surface area contributed by atoms with E-state index in [9.17, 15) is 9.50 Å². The SMILES string of the molecule is CCOc1cc(Cl)c(Cc2ccc(O)c(-c3ccc(F)cc3)c2)c(Cl)c1. The molecular formula is C21H17Cl2FO2. The van der Waals surface area contributed by atoms with Gasteiger partial charge in [-0.25, -0.2) is 4.39 Å². The Morgan fingerprint density at radius 1 is 0.962 bits per heavy atom. The number of halogens is 3. The highest BCUT2D eigenvalue weighted by molar-refractivity contribution is 6.36. The fraction of sp³-hybridized carbons (Fsp3) is 0.143. The number of hydrogen-bond acceptors (Lipinski definition) is 2. The normalized spacial score (nSPS) is 10.8. The number of ether oxygens (including phenoxy) is 1. The molecule has 0 fully saturated rings. The lowest BCUT2D eigenvalue weighted by atomic mass is 9.98. The minimum atomic E-state index is -0.322. The van der Waals surface area contributed by atoms with Crippen molar-refractivity contribution in [1.29, 1.82) is 0 Å². The fourth-order valence-corrected chi connectivity index (χ4v) is 3.36. The van der Waals surface area contributed by atoms with Crippen LogP contribution in [0.3, 0.4) is 0 Å². The molecule has 3 rings (SSSR count). The van der Waals surface area contributed by atoms with Crippen LogP contribution in [-0.2, 0) is 6.42 Å². The number of benzene rings is 3. The maximum absolute atomic E-state index is 13.1. The number of rotatable bonds is 5. The molecule has 0 aromatic heterocycles. The molecule has 0 atom stereocenters. The Bertz CT molecular complexity index is 901. The van der Waals surface area contributed by atoms with Gasteiger partial charge in [0.1, 0.15) is 17.3 Å². The second-order valence-electron chi connectivity index (χ2n) is 5.83. The third kappa shape index (κ3) is 4.12. The van der Waals surface area contributed by atoms with Crippen LogP contribution in [0.4, 0.5) is 4.39 Å². The van der Waals surface area contributed by atoms with Crippen molar-refractivity contribution in [1.82, 2.24) is 0 Å². The zero-order valence-corrected chi connectivity index (χ0v) is 15.6. The van der Waals surface area contributed by atoms with E-state index in [1.165, 1.54) is 12.1 Å². The van der Waals surface area contributed by atoms with Crippen molar-refractivity contribution in [3.63, 3.8) is 0 Å². The summed E-state index contributed by atoms with van der Waals surface area (Å²) in [7, 11) is 0. The molecule has 0 amide bonds. The number of aromatic hydroxyl groups is 1. The van der Waals surface area contributed by atoms with Crippen LogP contribution in [-0.4, -0.2) is 11.7 Å². The zero-order valence-electron chi connectivity index (χ0n) is 14.1. The van der Waals surface area contributed by atoms with E-state index in [0.717, 1.165) is 16.7 Å². The molecular weight excluding hydrogens is 374 g/mol. The summed E-state index contributed by atoms with van der Waals surface area (Å²) in [5.41, 5.74) is 3.07. The van der Waals surface area contributed by atoms with E-state index in [-0.39, 0.29) is 11.6 Å². The van der Waals surface area contributed by atoms with Crippen LogP contribution in [0.2, 0.25) is 10.0 Å². The summed E-state index contributed by atoms with van der Waals surface area (Å²) in [5.74, 6) is 0.436. The smallest absolute Gasteiger partial charge is 0.123 e. The number of hydrogen-bond donors (Lipinski definition) is 1. The molecule has 0 spiro atoms.